The molecule has 5 nitrogen and oxygen atoms in total. The summed E-state index contributed by atoms with van der Waals surface area (Å²) in [5.41, 5.74) is 2.81. The second-order valence-electron chi connectivity index (χ2n) is 4.69. The normalized spacial score (nSPS) is 16.7. The minimum absolute atomic E-state index is 0.0984. The molecule has 1 heterocycles. The number of fused-ring (bicyclic) bond motifs is 1. The molecule has 1 aliphatic carbocycles. The highest BCUT2D eigenvalue weighted by atomic mass is 32.1. The Balaban J connectivity index is 2.03. The largest absolute Gasteiger partial charge is 0.377 e. The van der Waals surface area contributed by atoms with Crippen molar-refractivity contribution in [1.82, 2.24) is 4.98 Å². The molecule has 1 unspecified atom stereocenters. The van der Waals surface area contributed by atoms with Crippen LogP contribution in [0.25, 0.3) is 10.2 Å². The average Bonchev–Trinajstić information content (AvgIpc) is 3.07. The van der Waals surface area contributed by atoms with Crippen LogP contribution >= 0.6 is 11.3 Å². The number of hydrogen-bond donors (Lipinski definition) is 1. The van der Waals surface area contributed by atoms with Crippen LogP contribution in [0.2, 0.25) is 0 Å². The van der Waals surface area contributed by atoms with Gasteiger partial charge in [-0.05, 0) is 37.8 Å². The van der Waals surface area contributed by atoms with Crippen molar-refractivity contribution in [2.45, 2.75) is 25.8 Å². The second kappa shape index (κ2) is 4.20. The lowest BCUT2D eigenvalue weighted by molar-refractivity contribution is -0.382. The van der Waals surface area contributed by atoms with Crippen molar-refractivity contribution < 1.29 is 4.92 Å². The third kappa shape index (κ3) is 1.92. The quantitative estimate of drug-likeness (QED) is 0.678. The van der Waals surface area contributed by atoms with Gasteiger partial charge in [-0.1, -0.05) is 0 Å². The molecule has 6 heteroatoms. The van der Waals surface area contributed by atoms with Crippen molar-refractivity contribution in [2.24, 2.45) is 5.92 Å². The maximum absolute atomic E-state index is 11.2. The van der Waals surface area contributed by atoms with Crippen LogP contribution in [0.5, 0.6) is 0 Å². The zero-order chi connectivity index (χ0) is 12.7. The number of nitrogens with one attached hydrogen (secondary N) is 1. The number of nitro groups is 1. The smallest absolute Gasteiger partial charge is 0.319 e. The van der Waals surface area contributed by atoms with Gasteiger partial charge in [0.05, 0.1) is 15.1 Å². The minimum atomic E-state index is -0.343. The number of aromatic nitrogens is 1. The van der Waals surface area contributed by atoms with E-state index in [9.17, 15) is 10.1 Å². The Bertz CT molecular complexity index is 606. The van der Waals surface area contributed by atoms with Crippen LogP contribution in [0.3, 0.4) is 0 Å². The molecule has 0 saturated heterocycles. The molecular weight excluding hydrogens is 250 g/mol. The molecule has 1 fully saturated rings. The zero-order valence-corrected chi connectivity index (χ0v) is 10.7. The maximum Gasteiger partial charge on any atom is 0.319 e. The van der Waals surface area contributed by atoms with E-state index in [-0.39, 0.29) is 16.7 Å². The highest BCUT2D eigenvalue weighted by Gasteiger charge is 2.30. The Morgan fingerprint density at radius 2 is 2.33 bits per heavy atom. The Hall–Kier alpha value is -1.69. The molecule has 0 spiro atoms. The number of rotatable bonds is 4. The van der Waals surface area contributed by atoms with E-state index in [0.717, 1.165) is 4.70 Å². The van der Waals surface area contributed by atoms with Crippen molar-refractivity contribution in [3.05, 3.63) is 27.8 Å². The average molecular weight is 263 g/mol. The monoisotopic (exact) mass is 263 g/mol. The summed E-state index contributed by atoms with van der Waals surface area (Å²) in [5, 5.41) is 14.5. The number of anilines is 1. The van der Waals surface area contributed by atoms with Gasteiger partial charge in [-0.2, -0.15) is 0 Å². The maximum atomic E-state index is 11.2. The molecule has 94 valence electrons. The molecule has 1 aromatic heterocycles. The molecule has 0 radical (unpaired) electrons. The van der Waals surface area contributed by atoms with Crippen LogP contribution in [0.15, 0.2) is 17.6 Å². The fourth-order valence-corrected chi connectivity index (χ4v) is 2.86. The van der Waals surface area contributed by atoms with E-state index < -0.39 is 0 Å². The summed E-state index contributed by atoms with van der Waals surface area (Å²) >= 11 is 1.42. The van der Waals surface area contributed by atoms with Crippen LogP contribution in [0.4, 0.5) is 11.4 Å². The Kier molecular flexibility index (Phi) is 2.66. The third-order valence-corrected chi connectivity index (χ3v) is 4.16. The molecule has 0 aliphatic heterocycles. The lowest BCUT2D eigenvalue weighted by atomic mass is 10.2. The van der Waals surface area contributed by atoms with Crippen molar-refractivity contribution >= 4 is 32.9 Å². The summed E-state index contributed by atoms with van der Waals surface area (Å²) < 4.78 is 0.853. The molecule has 0 bridgehead atoms. The van der Waals surface area contributed by atoms with Gasteiger partial charge in [-0.25, -0.2) is 4.98 Å². The van der Waals surface area contributed by atoms with Gasteiger partial charge in [-0.15, -0.1) is 11.3 Å². The van der Waals surface area contributed by atoms with Crippen LogP contribution in [-0.4, -0.2) is 15.9 Å². The van der Waals surface area contributed by atoms with Crippen molar-refractivity contribution in [1.29, 1.82) is 0 Å². The Labute approximate surface area is 108 Å². The third-order valence-electron chi connectivity index (χ3n) is 3.37. The molecule has 3 rings (SSSR count). The van der Waals surface area contributed by atoms with Crippen molar-refractivity contribution in [2.75, 3.05) is 5.32 Å². The zero-order valence-electron chi connectivity index (χ0n) is 9.92. The first-order valence-electron chi connectivity index (χ1n) is 5.94. The Morgan fingerprint density at radius 3 is 3.00 bits per heavy atom. The number of benzene rings is 1. The number of hydrogen-bond acceptors (Lipinski definition) is 5. The van der Waals surface area contributed by atoms with E-state index in [4.69, 9.17) is 0 Å². The van der Waals surface area contributed by atoms with E-state index in [1.54, 1.807) is 11.6 Å². The van der Waals surface area contributed by atoms with E-state index >= 15 is 0 Å². The first kappa shape index (κ1) is 11.4. The van der Waals surface area contributed by atoms with Gasteiger partial charge < -0.3 is 5.32 Å². The van der Waals surface area contributed by atoms with Gasteiger partial charge in [0.2, 0.25) is 0 Å². The van der Waals surface area contributed by atoms with Crippen molar-refractivity contribution in [3.8, 4) is 0 Å². The fourth-order valence-electron chi connectivity index (χ4n) is 2.18. The highest BCUT2D eigenvalue weighted by Crippen LogP contribution is 2.38. The molecule has 1 atom stereocenters. The van der Waals surface area contributed by atoms with Gasteiger partial charge in [-0.3, -0.25) is 10.1 Å². The van der Waals surface area contributed by atoms with Crippen LogP contribution in [0.1, 0.15) is 19.8 Å². The van der Waals surface area contributed by atoms with Gasteiger partial charge in [0.1, 0.15) is 5.69 Å². The SMILES string of the molecule is CC(Nc1ccc2scnc2c1[N+](=O)[O-])C1CC1. The summed E-state index contributed by atoms with van der Waals surface area (Å²) in [6, 6.07) is 3.96. The van der Waals surface area contributed by atoms with Gasteiger partial charge in [0.25, 0.3) is 0 Å². The number of nitrogens with zero attached hydrogens (tertiary/aromatic N) is 2. The van der Waals surface area contributed by atoms with Gasteiger partial charge in [0.15, 0.2) is 5.52 Å². The molecule has 1 N–H and O–H groups in total. The first-order valence-corrected chi connectivity index (χ1v) is 6.82. The molecular formula is C12H13N3O2S. The molecule has 2 aromatic rings. The molecule has 1 aromatic carbocycles. The van der Waals surface area contributed by atoms with E-state index in [1.165, 1.54) is 24.2 Å². The molecule has 1 saturated carbocycles. The predicted molar refractivity (Wildman–Crippen MR) is 72.1 cm³/mol. The summed E-state index contributed by atoms with van der Waals surface area (Å²) in [6.07, 6.45) is 2.42. The van der Waals surface area contributed by atoms with E-state index in [1.807, 2.05) is 6.07 Å². The first-order chi connectivity index (χ1) is 8.66. The molecule has 0 amide bonds. The fraction of sp³-hybridized carbons (Fsp3) is 0.417. The van der Waals surface area contributed by atoms with Gasteiger partial charge in [0, 0.05) is 6.04 Å². The summed E-state index contributed by atoms with van der Waals surface area (Å²) in [4.78, 5) is 15.0. The van der Waals surface area contributed by atoms with Crippen LogP contribution in [-0.2, 0) is 0 Å². The van der Waals surface area contributed by atoms with E-state index in [2.05, 4.69) is 17.2 Å². The summed E-state index contributed by atoms with van der Waals surface area (Å²) in [5.74, 6) is 0.649. The molecule has 18 heavy (non-hydrogen) atoms. The van der Waals surface area contributed by atoms with Crippen LogP contribution < -0.4 is 5.32 Å². The summed E-state index contributed by atoms with van der Waals surface area (Å²) in [6.45, 7) is 2.08. The van der Waals surface area contributed by atoms with Crippen LogP contribution in [0, 0.1) is 16.0 Å². The van der Waals surface area contributed by atoms with Crippen molar-refractivity contribution in [3.63, 3.8) is 0 Å². The van der Waals surface area contributed by atoms with E-state index in [0.29, 0.717) is 17.1 Å². The highest BCUT2D eigenvalue weighted by molar-refractivity contribution is 7.16. The number of nitro benzene ring substituents is 1. The lowest BCUT2D eigenvalue weighted by Gasteiger charge is -2.14. The topological polar surface area (TPSA) is 68.1 Å². The second-order valence-corrected chi connectivity index (χ2v) is 5.57. The minimum Gasteiger partial charge on any atom is -0.377 e. The van der Waals surface area contributed by atoms with Gasteiger partial charge >= 0.3 is 5.69 Å². The number of thiazole rings is 1. The summed E-state index contributed by atoms with van der Waals surface area (Å²) in [7, 11) is 0. The molecule has 1 aliphatic rings. The standard InChI is InChI=1S/C12H13N3O2S/c1-7(8-2-3-8)14-9-4-5-10-11(13-6-18-10)12(9)15(16)17/h4-8,14H,2-3H2,1H3. The Morgan fingerprint density at radius 1 is 1.56 bits per heavy atom. The lowest BCUT2D eigenvalue weighted by Crippen LogP contribution is -2.18. The predicted octanol–water partition coefficient (Wildman–Crippen LogP) is 3.41.